The van der Waals surface area contributed by atoms with Crippen LogP contribution in [-0.4, -0.2) is 44.5 Å². The van der Waals surface area contributed by atoms with Gasteiger partial charge in [0, 0.05) is 0 Å². The number of sulfonamides is 1. The minimum absolute atomic E-state index is 0.000656. The number of ether oxygens (including phenoxy) is 1. The topological polar surface area (TPSA) is 92.7 Å². The van der Waals surface area contributed by atoms with E-state index in [0.717, 1.165) is 0 Å². The summed E-state index contributed by atoms with van der Waals surface area (Å²) in [6, 6.07) is -0.660. The van der Waals surface area contributed by atoms with Crippen LogP contribution in [0.2, 0.25) is 0 Å². The molecule has 1 heterocycles. The Labute approximate surface area is 108 Å². The smallest absolute Gasteiger partial charge is 0.310 e. The molecule has 0 spiro atoms. The van der Waals surface area contributed by atoms with Crippen molar-refractivity contribution in [1.29, 1.82) is 0 Å². The van der Waals surface area contributed by atoms with E-state index in [9.17, 15) is 13.2 Å². The maximum absolute atomic E-state index is 11.8. The maximum atomic E-state index is 11.8. The molecule has 1 aliphatic rings. The molecule has 0 radical (unpaired) electrons. The zero-order valence-corrected chi connectivity index (χ0v) is 11.8. The van der Waals surface area contributed by atoms with Gasteiger partial charge in [-0.25, -0.2) is 13.1 Å². The Morgan fingerprint density at radius 2 is 2.00 bits per heavy atom. The minimum atomic E-state index is -3.46. The number of carboxylic acids is 1. The predicted molar refractivity (Wildman–Crippen MR) is 66.7 cm³/mol. The van der Waals surface area contributed by atoms with Crippen LogP contribution in [-0.2, 0) is 19.6 Å². The summed E-state index contributed by atoms with van der Waals surface area (Å²) in [6.07, 6.45) is 0.521. The summed E-state index contributed by atoms with van der Waals surface area (Å²) in [5, 5.41) is 8.92. The lowest BCUT2D eigenvalue weighted by molar-refractivity contribution is -0.142. The van der Waals surface area contributed by atoms with E-state index in [0.29, 0.717) is 6.42 Å². The molecule has 0 saturated carbocycles. The third kappa shape index (κ3) is 4.91. The lowest BCUT2D eigenvalue weighted by Gasteiger charge is -2.20. The van der Waals surface area contributed by atoms with Gasteiger partial charge in [0.15, 0.2) is 0 Å². The van der Waals surface area contributed by atoms with Gasteiger partial charge in [0.2, 0.25) is 10.0 Å². The molecule has 106 valence electrons. The Hall–Kier alpha value is -0.660. The Bertz CT molecular complexity index is 398. The average Bonchev–Trinajstić information content (AvgIpc) is 2.61. The first-order valence-corrected chi connectivity index (χ1v) is 7.56. The molecule has 1 rings (SSSR count). The summed E-state index contributed by atoms with van der Waals surface area (Å²) in [7, 11) is -3.46. The van der Waals surface area contributed by atoms with E-state index in [1.165, 1.54) is 0 Å². The van der Waals surface area contributed by atoms with Crippen LogP contribution in [0.5, 0.6) is 0 Å². The van der Waals surface area contributed by atoms with Gasteiger partial charge in [0.25, 0.3) is 0 Å². The molecule has 7 heteroatoms. The van der Waals surface area contributed by atoms with E-state index in [1.54, 1.807) is 0 Å². The first kappa shape index (κ1) is 15.4. The van der Waals surface area contributed by atoms with Crippen molar-refractivity contribution in [2.45, 2.75) is 33.2 Å². The van der Waals surface area contributed by atoms with Crippen molar-refractivity contribution in [3.8, 4) is 0 Å². The molecule has 1 saturated heterocycles. The van der Waals surface area contributed by atoms with Crippen LogP contribution in [0.1, 0.15) is 27.2 Å². The maximum Gasteiger partial charge on any atom is 0.310 e. The monoisotopic (exact) mass is 279 g/mol. The summed E-state index contributed by atoms with van der Waals surface area (Å²) in [5.41, 5.74) is -0.0763. The molecular weight excluding hydrogens is 258 g/mol. The largest absolute Gasteiger partial charge is 0.481 e. The van der Waals surface area contributed by atoms with Crippen LogP contribution in [0, 0.1) is 11.3 Å². The normalized spacial score (nSPS) is 25.3. The Morgan fingerprint density at radius 3 is 2.50 bits per heavy atom. The van der Waals surface area contributed by atoms with Gasteiger partial charge >= 0.3 is 5.97 Å². The quantitative estimate of drug-likeness (QED) is 0.762. The molecule has 1 fully saturated rings. The van der Waals surface area contributed by atoms with Crippen LogP contribution in [0.4, 0.5) is 0 Å². The molecule has 0 bridgehead atoms. The molecule has 0 amide bonds. The molecule has 2 N–H and O–H groups in total. The van der Waals surface area contributed by atoms with E-state index in [-0.39, 0.29) is 24.4 Å². The zero-order valence-electron chi connectivity index (χ0n) is 11.0. The second-order valence-electron chi connectivity index (χ2n) is 5.84. The van der Waals surface area contributed by atoms with Crippen molar-refractivity contribution in [3.63, 3.8) is 0 Å². The van der Waals surface area contributed by atoms with Gasteiger partial charge in [0.1, 0.15) is 0 Å². The van der Waals surface area contributed by atoms with Gasteiger partial charge < -0.3 is 9.84 Å². The van der Waals surface area contributed by atoms with Crippen molar-refractivity contribution in [2.24, 2.45) is 11.3 Å². The highest BCUT2D eigenvalue weighted by Gasteiger charge is 2.36. The van der Waals surface area contributed by atoms with Gasteiger partial charge in [-0.2, -0.15) is 0 Å². The van der Waals surface area contributed by atoms with Crippen molar-refractivity contribution >= 4 is 16.0 Å². The standard InChI is InChI=1S/C11H21NO5S/c1-11(2,3)4-5-18(15,16)12-9-7-17-6-8(9)10(13)14/h8-9,12H,4-7H2,1-3H3,(H,13,14). The van der Waals surface area contributed by atoms with Crippen molar-refractivity contribution in [3.05, 3.63) is 0 Å². The second-order valence-corrected chi connectivity index (χ2v) is 7.71. The van der Waals surface area contributed by atoms with Gasteiger partial charge in [-0.05, 0) is 11.8 Å². The molecular formula is C11H21NO5S. The number of aliphatic carboxylic acids is 1. The Balaban J connectivity index is 2.57. The molecule has 6 nitrogen and oxygen atoms in total. The molecule has 0 aromatic carbocycles. The highest BCUT2D eigenvalue weighted by molar-refractivity contribution is 7.89. The Kier molecular flexibility index (Phi) is 4.74. The van der Waals surface area contributed by atoms with Gasteiger partial charge in [-0.1, -0.05) is 20.8 Å². The van der Waals surface area contributed by atoms with Crippen LogP contribution in [0.25, 0.3) is 0 Å². The summed E-state index contributed by atoms with van der Waals surface area (Å²) in [6.45, 7) is 6.05. The van der Waals surface area contributed by atoms with Crippen LogP contribution in [0.15, 0.2) is 0 Å². The van der Waals surface area contributed by atoms with Gasteiger partial charge in [-0.3, -0.25) is 4.79 Å². The number of hydrogen-bond acceptors (Lipinski definition) is 4. The lowest BCUT2D eigenvalue weighted by Crippen LogP contribution is -2.43. The highest BCUT2D eigenvalue weighted by atomic mass is 32.2. The average molecular weight is 279 g/mol. The number of carbonyl (C=O) groups is 1. The Morgan fingerprint density at radius 1 is 1.39 bits per heavy atom. The molecule has 0 aliphatic carbocycles. The fourth-order valence-electron chi connectivity index (χ4n) is 1.64. The lowest BCUT2D eigenvalue weighted by atomic mass is 9.94. The van der Waals surface area contributed by atoms with Gasteiger partial charge in [0.05, 0.1) is 30.9 Å². The van der Waals surface area contributed by atoms with E-state index in [2.05, 4.69) is 4.72 Å². The number of nitrogens with one attached hydrogen (secondary N) is 1. The molecule has 0 aromatic rings. The summed E-state index contributed by atoms with van der Waals surface area (Å²) >= 11 is 0. The zero-order chi connectivity index (χ0) is 14.0. The second kappa shape index (κ2) is 5.54. The van der Waals surface area contributed by atoms with E-state index < -0.39 is 28.0 Å². The van der Waals surface area contributed by atoms with Crippen LogP contribution in [0.3, 0.4) is 0 Å². The van der Waals surface area contributed by atoms with Crippen molar-refractivity contribution in [1.82, 2.24) is 4.72 Å². The fraction of sp³-hybridized carbons (Fsp3) is 0.909. The molecule has 2 atom stereocenters. The van der Waals surface area contributed by atoms with Crippen molar-refractivity contribution in [2.75, 3.05) is 19.0 Å². The van der Waals surface area contributed by atoms with Crippen LogP contribution >= 0.6 is 0 Å². The van der Waals surface area contributed by atoms with Crippen molar-refractivity contribution < 1.29 is 23.1 Å². The highest BCUT2D eigenvalue weighted by Crippen LogP contribution is 2.20. The first-order valence-electron chi connectivity index (χ1n) is 5.91. The number of carboxylic acid groups (broad SMARTS) is 1. The first-order chi connectivity index (χ1) is 8.11. The molecule has 0 aromatic heterocycles. The van der Waals surface area contributed by atoms with Crippen LogP contribution < -0.4 is 4.72 Å². The fourth-order valence-corrected chi connectivity index (χ4v) is 3.34. The van der Waals surface area contributed by atoms with Gasteiger partial charge in [-0.15, -0.1) is 0 Å². The molecule has 1 aliphatic heterocycles. The predicted octanol–water partition coefficient (Wildman–Crippen LogP) is 0.442. The third-order valence-electron chi connectivity index (χ3n) is 2.85. The van der Waals surface area contributed by atoms with E-state index in [4.69, 9.17) is 9.84 Å². The SMILES string of the molecule is CC(C)(C)CCS(=O)(=O)NC1COCC1C(=O)O. The summed E-state index contributed by atoms with van der Waals surface area (Å²) < 4.78 is 31.1. The number of hydrogen-bond donors (Lipinski definition) is 2. The summed E-state index contributed by atoms with van der Waals surface area (Å²) in [4.78, 5) is 10.9. The third-order valence-corrected chi connectivity index (χ3v) is 4.25. The number of rotatable bonds is 5. The van der Waals surface area contributed by atoms with E-state index >= 15 is 0 Å². The molecule has 18 heavy (non-hydrogen) atoms. The minimum Gasteiger partial charge on any atom is -0.481 e. The summed E-state index contributed by atoms with van der Waals surface area (Å²) in [5.74, 6) is -1.83. The van der Waals surface area contributed by atoms with E-state index in [1.807, 2.05) is 20.8 Å². The molecule has 2 unspecified atom stereocenters.